The van der Waals surface area contributed by atoms with Crippen molar-refractivity contribution < 1.29 is 4.74 Å². The molecule has 0 amide bonds. The Morgan fingerprint density at radius 2 is 1.83 bits per heavy atom. The van der Waals surface area contributed by atoms with Crippen molar-refractivity contribution in [1.29, 1.82) is 0 Å². The van der Waals surface area contributed by atoms with Crippen LogP contribution in [-0.2, 0) is 5.54 Å². The number of aromatic amines is 1. The summed E-state index contributed by atoms with van der Waals surface area (Å²) in [6, 6.07) is 8.14. The quantitative estimate of drug-likeness (QED) is 0.560. The van der Waals surface area contributed by atoms with Crippen molar-refractivity contribution in [3.63, 3.8) is 0 Å². The Hall–Kier alpha value is -2.78. The second-order valence-electron chi connectivity index (χ2n) is 11.1. The van der Waals surface area contributed by atoms with Crippen molar-refractivity contribution in [1.82, 2.24) is 35.0 Å². The fourth-order valence-corrected chi connectivity index (χ4v) is 5.81. The molecular weight excluding hydrogens is 454 g/mol. The molecule has 0 radical (unpaired) electrons. The molecule has 2 aliphatic rings. The van der Waals surface area contributed by atoms with Gasteiger partial charge in [0.25, 0.3) is 5.56 Å². The number of pyridine rings is 1. The zero-order valence-electron chi connectivity index (χ0n) is 22.0. The zero-order chi connectivity index (χ0) is 25.3. The highest BCUT2D eigenvalue weighted by atomic mass is 16.5. The highest BCUT2D eigenvalue weighted by molar-refractivity contribution is 5.80. The maximum Gasteiger partial charge on any atom is 0.253 e. The van der Waals surface area contributed by atoms with E-state index in [2.05, 4.69) is 51.1 Å². The lowest BCUT2D eigenvalue weighted by Crippen LogP contribution is -2.52. The van der Waals surface area contributed by atoms with E-state index >= 15 is 0 Å². The Kier molecular flexibility index (Phi) is 7.12. The van der Waals surface area contributed by atoms with Crippen molar-refractivity contribution in [2.24, 2.45) is 0 Å². The average Bonchev–Trinajstić information content (AvgIpc) is 3.36. The van der Waals surface area contributed by atoms with Gasteiger partial charge in [-0.2, -0.15) is 0 Å². The van der Waals surface area contributed by atoms with Crippen LogP contribution in [0.4, 0.5) is 0 Å². The second kappa shape index (κ2) is 10.3. The van der Waals surface area contributed by atoms with Crippen LogP contribution in [0, 0.1) is 0 Å². The summed E-state index contributed by atoms with van der Waals surface area (Å²) >= 11 is 0. The number of hydrogen-bond acceptors (Lipinski definition) is 7. The largest absolute Gasteiger partial charge is 0.494 e. The number of H-pyrrole nitrogens is 1. The molecule has 1 aromatic carbocycles. The van der Waals surface area contributed by atoms with Crippen LogP contribution in [0.15, 0.2) is 29.1 Å². The number of tetrazole rings is 1. The van der Waals surface area contributed by atoms with Crippen molar-refractivity contribution in [2.45, 2.75) is 77.4 Å². The molecule has 9 heteroatoms. The van der Waals surface area contributed by atoms with Gasteiger partial charge in [0.05, 0.1) is 12.1 Å². The molecule has 0 bridgehead atoms. The van der Waals surface area contributed by atoms with Gasteiger partial charge >= 0.3 is 0 Å². The van der Waals surface area contributed by atoms with Crippen LogP contribution in [0.25, 0.3) is 10.9 Å². The molecule has 1 aliphatic carbocycles. The van der Waals surface area contributed by atoms with Crippen LogP contribution in [0.5, 0.6) is 5.75 Å². The molecule has 1 aliphatic heterocycles. The SMILES string of the molecule is CCOc1ccc2[nH]c(=O)c([C@@H](c3nnnn3C(C)(C)C)N3CCN(C4CCCCC4)CC3)cc2c1. The van der Waals surface area contributed by atoms with E-state index in [9.17, 15) is 4.79 Å². The average molecular weight is 494 g/mol. The predicted octanol–water partition coefficient (Wildman–Crippen LogP) is 3.71. The Labute approximate surface area is 212 Å². The summed E-state index contributed by atoms with van der Waals surface area (Å²) in [6.07, 6.45) is 6.65. The maximum atomic E-state index is 13.5. The number of rotatable bonds is 6. The van der Waals surface area contributed by atoms with Crippen molar-refractivity contribution >= 4 is 10.9 Å². The summed E-state index contributed by atoms with van der Waals surface area (Å²) in [4.78, 5) is 21.6. The minimum atomic E-state index is -0.336. The minimum absolute atomic E-state index is 0.102. The maximum absolute atomic E-state index is 13.5. The molecule has 3 aromatic rings. The van der Waals surface area contributed by atoms with Gasteiger partial charge in [-0.05, 0) is 75.2 Å². The Morgan fingerprint density at radius 1 is 1.08 bits per heavy atom. The number of hydrogen-bond donors (Lipinski definition) is 1. The molecule has 36 heavy (non-hydrogen) atoms. The number of nitrogens with one attached hydrogen (secondary N) is 1. The molecule has 194 valence electrons. The fourth-order valence-electron chi connectivity index (χ4n) is 5.81. The third kappa shape index (κ3) is 5.04. The second-order valence-corrected chi connectivity index (χ2v) is 11.1. The van der Waals surface area contributed by atoms with E-state index in [1.807, 2.05) is 35.9 Å². The van der Waals surface area contributed by atoms with Crippen molar-refractivity contribution in [2.75, 3.05) is 32.8 Å². The smallest absolute Gasteiger partial charge is 0.253 e. The topological polar surface area (TPSA) is 92.2 Å². The van der Waals surface area contributed by atoms with Crippen LogP contribution in [-0.4, -0.2) is 73.8 Å². The molecule has 1 saturated heterocycles. The Morgan fingerprint density at radius 3 is 2.53 bits per heavy atom. The first-order valence-corrected chi connectivity index (χ1v) is 13.4. The monoisotopic (exact) mass is 493 g/mol. The first kappa shape index (κ1) is 24.9. The lowest BCUT2D eigenvalue weighted by Gasteiger charge is -2.43. The third-order valence-corrected chi connectivity index (χ3v) is 7.63. The van der Waals surface area contributed by atoms with Crippen LogP contribution in [0.1, 0.15) is 77.2 Å². The van der Waals surface area contributed by atoms with Crippen molar-refractivity contribution in [3.8, 4) is 5.75 Å². The summed E-state index contributed by atoms with van der Waals surface area (Å²) in [6.45, 7) is 12.6. The molecule has 0 spiro atoms. The summed E-state index contributed by atoms with van der Waals surface area (Å²) in [5.41, 5.74) is 1.05. The van der Waals surface area contributed by atoms with E-state index in [0.717, 1.165) is 42.8 Å². The predicted molar refractivity (Wildman–Crippen MR) is 140 cm³/mol. The number of benzene rings is 1. The highest BCUT2D eigenvalue weighted by Crippen LogP contribution is 2.32. The molecule has 1 N–H and O–H groups in total. The van der Waals surface area contributed by atoms with Gasteiger partial charge in [0.1, 0.15) is 11.8 Å². The van der Waals surface area contributed by atoms with Gasteiger partial charge in [0.15, 0.2) is 5.82 Å². The van der Waals surface area contributed by atoms with Gasteiger partial charge < -0.3 is 9.72 Å². The molecule has 2 aromatic heterocycles. The lowest BCUT2D eigenvalue weighted by molar-refractivity contribution is 0.0606. The molecule has 3 heterocycles. The standard InChI is InChI=1S/C27H39N7O2/c1-5-36-21-11-12-23-19(17-21)18-22(26(35)28-23)24(25-29-30-31-34(25)27(2,3)4)33-15-13-32(14-16-33)20-9-7-6-8-10-20/h11-12,17-18,20,24H,5-10,13-16H2,1-4H3,(H,28,35)/t24-/m0/s1. The summed E-state index contributed by atoms with van der Waals surface area (Å²) in [5.74, 6) is 1.50. The molecule has 5 rings (SSSR count). The van der Waals surface area contributed by atoms with E-state index in [-0.39, 0.29) is 17.1 Å². The van der Waals surface area contributed by atoms with Crippen LogP contribution in [0.3, 0.4) is 0 Å². The molecule has 9 nitrogen and oxygen atoms in total. The van der Waals surface area contributed by atoms with Gasteiger partial charge in [0.2, 0.25) is 0 Å². The zero-order valence-corrected chi connectivity index (χ0v) is 22.0. The number of aromatic nitrogens is 5. The summed E-state index contributed by atoms with van der Waals surface area (Å²) < 4.78 is 7.59. The molecule has 0 unspecified atom stereocenters. The highest BCUT2D eigenvalue weighted by Gasteiger charge is 2.36. The van der Waals surface area contributed by atoms with E-state index < -0.39 is 0 Å². The van der Waals surface area contributed by atoms with Gasteiger partial charge in [0, 0.05) is 48.7 Å². The number of ether oxygens (including phenoxy) is 1. The van der Waals surface area contributed by atoms with Crippen LogP contribution < -0.4 is 10.3 Å². The molecule has 1 saturated carbocycles. The first-order chi connectivity index (χ1) is 17.3. The van der Waals surface area contributed by atoms with Crippen LogP contribution in [0.2, 0.25) is 0 Å². The van der Waals surface area contributed by atoms with Gasteiger partial charge in [-0.25, -0.2) is 4.68 Å². The first-order valence-electron chi connectivity index (χ1n) is 13.4. The third-order valence-electron chi connectivity index (χ3n) is 7.63. The van der Waals surface area contributed by atoms with E-state index in [4.69, 9.17) is 4.74 Å². The van der Waals surface area contributed by atoms with Gasteiger partial charge in [-0.15, -0.1) is 5.10 Å². The van der Waals surface area contributed by atoms with Crippen molar-refractivity contribution in [3.05, 3.63) is 46.0 Å². The van der Waals surface area contributed by atoms with E-state index in [1.54, 1.807) is 0 Å². The lowest BCUT2D eigenvalue weighted by atomic mass is 9.93. The summed E-state index contributed by atoms with van der Waals surface area (Å²) in [5, 5.41) is 13.8. The minimum Gasteiger partial charge on any atom is -0.494 e. The Balaban J connectivity index is 1.53. The number of piperazine rings is 1. The molecule has 1 atom stereocenters. The normalized spacial score (nSPS) is 19.6. The van der Waals surface area contributed by atoms with E-state index in [1.165, 1.54) is 32.1 Å². The Bertz CT molecular complexity index is 1230. The van der Waals surface area contributed by atoms with Gasteiger partial charge in [-0.1, -0.05) is 19.3 Å². The van der Waals surface area contributed by atoms with E-state index in [0.29, 0.717) is 24.0 Å². The molecular formula is C27H39N7O2. The summed E-state index contributed by atoms with van der Waals surface area (Å²) in [7, 11) is 0. The van der Waals surface area contributed by atoms with Crippen LogP contribution >= 0.6 is 0 Å². The number of fused-ring (bicyclic) bond motifs is 1. The fraction of sp³-hybridized carbons (Fsp3) is 0.630. The molecule has 2 fully saturated rings. The van der Waals surface area contributed by atoms with Gasteiger partial charge in [-0.3, -0.25) is 14.6 Å². The number of nitrogens with zero attached hydrogens (tertiary/aromatic N) is 6.